The van der Waals surface area contributed by atoms with E-state index >= 15 is 0 Å². The van der Waals surface area contributed by atoms with Crippen molar-refractivity contribution < 1.29 is 0 Å². The van der Waals surface area contributed by atoms with Gasteiger partial charge in [-0.15, -0.1) is 11.3 Å². The lowest BCUT2D eigenvalue weighted by atomic mass is 10.1. The summed E-state index contributed by atoms with van der Waals surface area (Å²) in [5.74, 6) is 0. The summed E-state index contributed by atoms with van der Waals surface area (Å²) in [5, 5.41) is 6.76. The van der Waals surface area contributed by atoms with Gasteiger partial charge in [0.25, 0.3) is 0 Å². The van der Waals surface area contributed by atoms with Crippen LogP contribution in [-0.2, 0) is 19.4 Å². The second-order valence-electron chi connectivity index (χ2n) is 4.25. The molecular weight excluding hydrogens is 242 g/mol. The monoisotopic (exact) mass is 261 g/mol. The molecule has 0 aliphatic rings. The van der Waals surface area contributed by atoms with E-state index in [1.165, 1.54) is 10.6 Å². The van der Waals surface area contributed by atoms with Crippen molar-refractivity contribution in [3.05, 3.63) is 45.9 Å². The van der Waals surface area contributed by atoms with Crippen molar-refractivity contribution in [2.75, 3.05) is 12.3 Å². The van der Waals surface area contributed by atoms with Gasteiger partial charge in [0.05, 0.1) is 10.7 Å². The van der Waals surface area contributed by atoms with Crippen LogP contribution in [-0.4, -0.2) is 11.5 Å². The molecule has 0 aliphatic carbocycles. The van der Waals surface area contributed by atoms with Gasteiger partial charge in [-0.2, -0.15) is 0 Å². The Balaban J connectivity index is 1.71. The molecule has 0 aliphatic heterocycles. The molecule has 3 nitrogen and oxygen atoms in total. The minimum atomic E-state index is 0.821. The van der Waals surface area contributed by atoms with Crippen molar-refractivity contribution in [3.8, 4) is 0 Å². The number of nitrogens with two attached hydrogens (primary N) is 1. The summed E-state index contributed by atoms with van der Waals surface area (Å²) in [6, 6.07) is 8.05. The number of benzene rings is 1. The van der Waals surface area contributed by atoms with Crippen molar-refractivity contribution in [2.24, 2.45) is 0 Å². The zero-order valence-electron chi connectivity index (χ0n) is 10.6. The molecule has 2 aromatic rings. The Morgan fingerprint density at radius 3 is 2.72 bits per heavy atom. The van der Waals surface area contributed by atoms with Gasteiger partial charge in [0.1, 0.15) is 0 Å². The van der Waals surface area contributed by atoms with E-state index in [0.717, 1.165) is 37.3 Å². The highest BCUT2D eigenvalue weighted by Gasteiger charge is 1.99. The topological polar surface area (TPSA) is 50.9 Å². The van der Waals surface area contributed by atoms with E-state index in [4.69, 9.17) is 5.73 Å². The molecule has 0 unspecified atom stereocenters. The molecule has 18 heavy (non-hydrogen) atoms. The van der Waals surface area contributed by atoms with Gasteiger partial charge in [0, 0.05) is 17.6 Å². The van der Waals surface area contributed by atoms with Crippen LogP contribution in [0.15, 0.2) is 29.6 Å². The predicted molar refractivity (Wildman–Crippen MR) is 77.8 cm³/mol. The Labute approximate surface area is 112 Å². The number of nitrogens with zero attached hydrogens (tertiary/aromatic N) is 1. The van der Waals surface area contributed by atoms with Gasteiger partial charge < -0.3 is 11.1 Å². The van der Waals surface area contributed by atoms with E-state index in [-0.39, 0.29) is 0 Å². The molecule has 1 heterocycles. The van der Waals surface area contributed by atoms with Gasteiger partial charge in [-0.3, -0.25) is 0 Å². The summed E-state index contributed by atoms with van der Waals surface area (Å²) >= 11 is 1.74. The molecule has 0 radical (unpaired) electrons. The molecule has 0 bridgehead atoms. The van der Waals surface area contributed by atoms with E-state index in [1.54, 1.807) is 11.3 Å². The second-order valence-corrected chi connectivity index (χ2v) is 5.20. The van der Waals surface area contributed by atoms with Crippen LogP contribution < -0.4 is 11.1 Å². The highest BCUT2D eigenvalue weighted by atomic mass is 32.1. The highest BCUT2D eigenvalue weighted by Crippen LogP contribution is 2.10. The Morgan fingerprint density at radius 2 is 2.06 bits per heavy atom. The molecule has 2 rings (SSSR count). The van der Waals surface area contributed by atoms with Crippen molar-refractivity contribution >= 4 is 17.0 Å². The molecule has 1 aromatic carbocycles. The molecule has 0 spiro atoms. The standard InChI is InChI=1S/C14H19N3S/c1-2-14-17-13(10-18-14)9-16-8-7-11-3-5-12(15)6-4-11/h3-6,10,16H,2,7-9,15H2,1H3. The summed E-state index contributed by atoms with van der Waals surface area (Å²) in [5.41, 5.74) is 8.93. The predicted octanol–water partition coefficient (Wildman–Crippen LogP) is 2.62. The van der Waals surface area contributed by atoms with Crippen molar-refractivity contribution in [3.63, 3.8) is 0 Å². The van der Waals surface area contributed by atoms with Gasteiger partial charge in [0.2, 0.25) is 0 Å². The summed E-state index contributed by atoms with van der Waals surface area (Å²) in [4.78, 5) is 4.52. The molecular formula is C14H19N3S. The first-order valence-electron chi connectivity index (χ1n) is 6.26. The minimum absolute atomic E-state index is 0.821. The zero-order valence-corrected chi connectivity index (χ0v) is 11.5. The highest BCUT2D eigenvalue weighted by molar-refractivity contribution is 7.09. The van der Waals surface area contributed by atoms with Crippen molar-refractivity contribution in [1.29, 1.82) is 0 Å². The van der Waals surface area contributed by atoms with Crippen LogP contribution in [0.3, 0.4) is 0 Å². The van der Waals surface area contributed by atoms with Crippen molar-refractivity contribution in [1.82, 2.24) is 10.3 Å². The van der Waals surface area contributed by atoms with E-state index in [2.05, 4.69) is 34.7 Å². The van der Waals surface area contributed by atoms with E-state index < -0.39 is 0 Å². The number of nitrogens with one attached hydrogen (secondary N) is 1. The summed E-state index contributed by atoms with van der Waals surface area (Å²) in [6.45, 7) is 3.95. The first-order chi connectivity index (χ1) is 8.78. The molecule has 96 valence electrons. The Hall–Kier alpha value is -1.39. The molecule has 0 atom stereocenters. The first kappa shape index (κ1) is 13.1. The maximum absolute atomic E-state index is 5.65. The number of hydrogen-bond acceptors (Lipinski definition) is 4. The SMILES string of the molecule is CCc1nc(CNCCc2ccc(N)cc2)cs1. The lowest BCUT2D eigenvalue weighted by molar-refractivity contribution is 0.676. The molecule has 4 heteroatoms. The normalized spacial score (nSPS) is 10.7. The molecule has 0 saturated heterocycles. The molecule has 0 amide bonds. The van der Waals surface area contributed by atoms with Gasteiger partial charge in [-0.25, -0.2) is 4.98 Å². The summed E-state index contributed by atoms with van der Waals surface area (Å²) in [6.07, 6.45) is 2.04. The average Bonchev–Trinajstić information content (AvgIpc) is 2.85. The third-order valence-corrected chi connectivity index (χ3v) is 3.82. The molecule has 0 saturated carbocycles. The summed E-state index contributed by atoms with van der Waals surface area (Å²) in [7, 11) is 0. The smallest absolute Gasteiger partial charge is 0.0926 e. The fraction of sp³-hybridized carbons (Fsp3) is 0.357. The Kier molecular flexibility index (Phi) is 4.73. The number of anilines is 1. The largest absolute Gasteiger partial charge is 0.399 e. The zero-order chi connectivity index (χ0) is 12.8. The van der Waals surface area contributed by atoms with Crippen LogP contribution in [0.5, 0.6) is 0 Å². The minimum Gasteiger partial charge on any atom is -0.399 e. The first-order valence-corrected chi connectivity index (χ1v) is 7.14. The van der Waals surface area contributed by atoms with Gasteiger partial charge in [-0.1, -0.05) is 19.1 Å². The average molecular weight is 261 g/mol. The van der Waals surface area contributed by atoms with E-state index in [9.17, 15) is 0 Å². The van der Waals surface area contributed by atoms with Crippen LogP contribution in [0, 0.1) is 0 Å². The quantitative estimate of drug-likeness (QED) is 0.621. The van der Waals surface area contributed by atoms with Crippen LogP contribution in [0.2, 0.25) is 0 Å². The third-order valence-electron chi connectivity index (χ3n) is 2.78. The number of aromatic nitrogens is 1. The van der Waals surface area contributed by atoms with Crippen LogP contribution in [0.1, 0.15) is 23.2 Å². The number of hydrogen-bond donors (Lipinski definition) is 2. The number of thiazole rings is 1. The number of rotatable bonds is 6. The molecule has 3 N–H and O–H groups in total. The van der Waals surface area contributed by atoms with Gasteiger partial charge >= 0.3 is 0 Å². The Bertz CT molecular complexity index is 476. The van der Waals surface area contributed by atoms with Gasteiger partial charge in [-0.05, 0) is 37.1 Å². The maximum atomic E-state index is 5.65. The van der Waals surface area contributed by atoms with Gasteiger partial charge in [0.15, 0.2) is 0 Å². The van der Waals surface area contributed by atoms with Crippen LogP contribution >= 0.6 is 11.3 Å². The van der Waals surface area contributed by atoms with Crippen LogP contribution in [0.4, 0.5) is 5.69 Å². The van der Waals surface area contributed by atoms with Crippen LogP contribution in [0.25, 0.3) is 0 Å². The number of nitrogen functional groups attached to an aromatic ring is 1. The fourth-order valence-corrected chi connectivity index (χ4v) is 2.47. The third kappa shape index (κ3) is 3.82. The number of aryl methyl sites for hydroxylation is 1. The Morgan fingerprint density at radius 1 is 1.28 bits per heavy atom. The van der Waals surface area contributed by atoms with E-state index in [0.29, 0.717) is 0 Å². The van der Waals surface area contributed by atoms with Crippen molar-refractivity contribution in [2.45, 2.75) is 26.3 Å². The lowest BCUT2D eigenvalue weighted by Crippen LogP contribution is -2.16. The fourth-order valence-electron chi connectivity index (χ4n) is 1.73. The molecule has 0 fully saturated rings. The second kappa shape index (κ2) is 6.52. The lowest BCUT2D eigenvalue weighted by Gasteiger charge is -2.03. The van der Waals surface area contributed by atoms with E-state index in [1.807, 2.05) is 12.1 Å². The maximum Gasteiger partial charge on any atom is 0.0926 e. The summed E-state index contributed by atoms with van der Waals surface area (Å²) < 4.78 is 0. The molecule has 1 aromatic heterocycles.